The van der Waals surface area contributed by atoms with E-state index < -0.39 is 0 Å². The summed E-state index contributed by atoms with van der Waals surface area (Å²) in [6, 6.07) is 50.6. The Balaban J connectivity index is 1.60. The second kappa shape index (κ2) is 8.80. The fourth-order valence-electron chi connectivity index (χ4n) is 6.46. The lowest BCUT2D eigenvalue weighted by Crippen LogP contribution is -1.95. The molecule has 0 fully saturated rings. The molecule has 39 heavy (non-hydrogen) atoms. The molecule has 0 bridgehead atoms. The second-order valence-corrected chi connectivity index (χ2v) is 10.9. The van der Waals surface area contributed by atoms with Gasteiger partial charge in [-0.1, -0.05) is 140 Å². The first kappa shape index (κ1) is 22.5. The van der Waals surface area contributed by atoms with Crippen LogP contribution in [0, 0.1) is 0 Å². The number of benzene rings is 6. The first-order valence-electron chi connectivity index (χ1n) is 13.3. The van der Waals surface area contributed by atoms with Gasteiger partial charge in [-0.25, -0.2) is 0 Å². The Morgan fingerprint density at radius 1 is 0.308 bits per heavy atom. The van der Waals surface area contributed by atoms with Gasteiger partial charge in [0, 0.05) is 10.1 Å². The van der Waals surface area contributed by atoms with E-state index in [1.807, 2.05) is 0 Å². The number of hydrogen-bond acceptors (Lipinski definition) is 0. The molecular formula is C38H23Br. The Kier molecular flexibility index (Phi) is 5.08. The van der Waals surface area contributed by atoms with Gasteiger partial charge in [0.2, 0.25) is 0 Å². The number of halogens is 1. The van der Waals surface area contributed by atoms with Crippen LogP contribution in [-0.4, -0.2) is 0 Å². The fourth-order valence-corrected chi connectivity index (χ4v) is 7.20. The van der Waals surface area contributed by atoms with Crippen LogP contribution in [0.2, 0.25) is 0 Å². The van der Waals surface area contributed by atoms with Crippen molar-refractivity contribution in [3.8, 4) is 0 Å². The van der Waals surface area contributed by atoms with Crippen LogP contribution in [0.15, 0.2) is 145 Å². The molecule has 0 heterocycles. The first-order valence-corrected chi connectivity index (χ1v) is 14.1. The minimum atomic E-state index is 1.17. The molecule has 0 atom stereocenters. The fraction of sp³-hybridized carbons (Fsp3) is 0. The summed E-state index contributed by atoms with van der Waals surface area (Å²) in [5.41, 5.74) is 12.8. The number of hydrogen-bond donors (Lipinski definition) is 0. The SMILES string of the molecule is BrC1=C2C(=C(c3ccccc3)C(c3cccc4ccccc34)=C2c2cccc3ccccc23)c2ccccc21. The van der Waals surface area contributed by atoms with Crippen LogP contribution in [0.5, 0.6) is 0 Å². The summed E-state index contributed by atoms with van der Waals surface area (Å²) >= 11 is 4.11. The first-order chi connectivity index (χ1) is 19.3. The number of fused-ring (bicyclic) bond motifs is 5. The third-order valence-corrected chi connectivity index (χ3v) is 8.91. The third kappa shape index (κ3) is 3.30. The predicted molar refractivity (Wildman–Crippen MR) is 170 cm³/mol. The van der Waals surface area contributed by atoms with Crippen molar-refractivity contribution >= 4 is 64.2 Å². The van der Waals surface area contributed by atoms with Crippen LogP contribution in [0.3, 0.4) is 0 Å². The average molecular weight is 560 g/mol. The van der Waals surface area contributed by atoms with Crippen molar-refractivity contribution in [3.63, 3.8) is 0 Å². The van der Waals surface area contributed by atoms with Gasteiger partial charge in [-0.2, -0.15) is 0 Å². The van der Waals surface area contributed by atoms with Crippen molar-refractivity contribution in [2.45, 2.75) is 0 Å². The molecule has 0 amide bonds. The van der Waals surface area contributed by atoms with Crippen molar-refractivity contribution in [3.05, 3.63) is 173 Å². The van der Waals surface area contributed by atoms with Gasteiger partial charge in [0.05, 0.1) is 0 Å². The van der Waals surface area contributed by atoms with Crippen molar-refractivity contribution in [2.75, 3.05) is 0 Å². The van der Waals surface area contributed by atoms with Crippen LogP contribution in [0.25, 0.3) is 48.3 Å². The third-order valence-electron chi connectivity index (χ3n) is 8.08. The molecule has 0 aromatic heterocycles. The lowest BCUT2D eigenvalue weighted by molar-refractivity contribution is 1.59. The number of allylic oxidation sites excluding steroid dienone is 5. The zero-order valence-corrected chi connectivity index (χ0v) is 22.7. The van der Waals surface area contributed by atoms with Gasteiger partial charge in [0.1, 0.15) is 0 Å². The summed E-state index contributed by atoms with van der Waals surface area (Å²) in [7, 11) is 0. The van der Waals surface area contributed by atoms with E-state index in [1.165, 1.54) is 81.7 Å². The van der Waals surface area contributed by atoms with Gasteiger partial charge in [0.25, 0.3) is 0 Å². The van der Waals surface area contributed by atoms with Crippen molar-refractivity contribution in [1.82, 2.24) is 0 Å². The highest BCUT2D eigenvalue weighted by Gasteiger charge is 2.39. The predicted octanol–water partition coefficient (Wildman–Crippen LogP) is 10.6. The van der Waals surface area contributed by atoms with E-state index in [2.05, 4.69) is 155 Å². The molecule has 8 rings (SSSR count). The van der Waals surface area contributed by atoms with E-state index in [4.69, 9.17) is 0 Å². The van der Waals surface area contributed by atoms with Gasteiger partial charge in [-0.15, -0.1) is 0 Å². The van der Waals surface area contributed by atoms with Gasteiger partial charge < -0.3 is 0 Å². The molecule has 6 aromatic carbocycles. The highest BCUT2D eigenvalue weighted by atomic mass is 79.9. The maximum Gasteiger partial charge on any atom is 0.0339 e. The van der Waals surface area contributed by atoms with Gasteiger partial charge >= 0.3 is 0 Å². The van der Waals surface area contributed by atoms with E-state index in [1.54, 1.807) is 0 Å². The maximum absolute atomic E-state index is 4.11. The monoisotopic (exact) mass is 558 g/mol. The number of rotatable bonds is 3. The lowest BCUT2D eigenvalue weighted by Gasteiger charge is -2.18. The molecule has 0 N–H and O–H groups in total. The summed E-state index contributed by atoms with van der Waals surface area (Å²) in [6.45, 7) is 0. The zero-order chi connectivity index (χ0) is 25.9. The molecular weight excluding hydrogens is 536 g/mol. The van der Waals surface area contributed by atoms with E-state index in [0.29, 0.717) is 0 Å². The largest absolute Gasteiger partial charge is 0.0622 e. The van der Waals surface area contributed by atoms with Crippen LogP contribution < -0.4 is 0 Å². The Morgan fingerprint density at radius 2 is 0.744 bits per heavy atom. The molecule has 6 aromatic rings. The van der Waals surface area contributed by atoms with Crippen LogP contribution in [0.1, 0.15) is 27.8 Å². The van der Waals surface area contributed by atoms with Crippen LogP contribution in [0.4, 0.5) is 0 Å². The minimum absolute atomic E-state index is 1.17. The molecule has 0 spiro atoms. The van der Waals surface area contributed by atoms with Crippen LogP contribution >= 0.6 is 15.9 Å². The second-order valence-electron chi connectivity index (χ2n) is 10.2. The molecule has 0 aliphatic heterocycles. The van der Waals surface area contributed by atoms with E-state index in [-0.39, 0.29) is 0 Å². The molecule has 2 aliphatic rings. The molecule has 182 valence electrons. The average Bonchev–Trinajstić information content (AvgIpc) is 3.50. The van der Waals surface area contributed by atoms with Crippen molar-refractivity contribution < 1.29 is 0 Å². The van der Waals surface area contributed by atoms with Crippen molar-refractivity contribution in [1.29, 1.82) is 0 Å². The Labute approximate surface area is 236 Å². The molecule has 0 saturated carbocycles. The summed E-state index contributed by atoms with van der Waals surface area (Å²) < 4.78 is 1.17. The Bertz CT molecular complexity index is 2040. The Hall–Kier alpha value is -4.46. The summed E-state index contributed by atoms with van der Waals surface area (Å²) in [5.74, 6) is 0. The molecule has 0 unspecified atom stereocenters. The van der Waals surface area contributed by atoms with Crippen molar-refractivity contribution in [2.24, 2.45) is 0 Å². The smallest absolute Gasteiger partial charge is 0.0339 e. The van der Waals surface area contributed by atoms with Gasteiger partial charge in [0.15, 0.2) is 0 Å². The maximum atomic E-state index is 4.11. The lowest BCUT2D eigenvalue weighted by atomic mass is 9.85. The highest BCUT2D eigenvalue weighted by Crippen LogP contribution is 2.62. The minimum Gasteiger partial charge on any atom is -0.0622 e. The van der Waals surface area contributed by atoms with E-state index in [9.17, 15) is 0 Å². The highest BCUT2D eigenvalue weighted by molar-refractivity contribution is 9.15. The standard InChI is InChI=1S/C38H23Br/c39-38-32-21-9-8-20-31(32)35-33(26-14-2-1-3-15-26)34(29-22-10-16-24-12-4-6-18-27(24)29)36(37(35)38)30-23-11-17-25-13-5-7-19-28(25)30/h1-23H. The molecule has 0 saturated heterocycles. The van der Waals surface area contributed by atoms with Gasteiger partial charge in [-0.05, 0) is 87.6 Å². The quantitative estimate of drug-likeness (QED) is 0.202. The van der Waals surface area contributed by atoms with E-state index in [0.717, 1.165) is 0 Å². The zero-order valence-electron chi connectivity index (χ0n) is 21.2. The molecule has 0 radical (unpaired) electrons. The topological polar surface area (TPSA) is 0 Å². The van der Waals surface area contributed by atoms with Gasteiger partial charge in [-0.3, -0.25) is 0 Å². The molecule has 1 heteroatoms. The Morgan fingerprint density at radius 3 is 1.38 bits per heavy atom. The summed E-state index contributed by atoms with van der Waals surface area (Å²) in [5, 5.41) is 5.04. The summed E-state index contributed by atoms with van der Waals surface area (Å²) in [6.07, 6.45) is 0. The summed E-state index contributed by atoms with van der Waals surface area (Å²) in [4.78, 5) is 0. The molecule has 2 aliphatic carbocycles. The molecule has 0 nitrogen and oxygen atoms in total. The normalized spacial score (nSPS) is 14.5. The van der Waals surface area contributed by atoms with E-state index >= 15 is 0 Å². The van der Waals surface area contributed by atoms with Crippen LogP contribution in [-0.2, 0) is 0 Å².